The predicted octanol–water partition coefficient (Wildman–Crippen LogP) is 8.91. The number of aliphatic hydroxyl groups excluding tert-OH is 1. The molecular weight excluding hydrogens is 844 g/mol. The summed E-state index contributed by atoms with van der Waals surface area (Å²) in [4.78, 5) is 37.0. The first kappa shape index (κ1) is 124. The van der Waals surface area contributed by atoms with E-state index in [9.17, 15) is 23.5 Å². The molecule has 0 spiro atoms. The van der Waals surface area contributed by atoms with Gasteiger partial charge in [0, 0.05) is 48.8 Å². The number of aliphatic hydroxyl groups is 1. The Bertz CT molecular complexity index is 578. The SMILES string of the molecule is C/C=C/C.CB(O)O.CC.CC.CC.CC.CC.CC.CC.CC(=O)O.CC(C)(C)[O-].CC=O.CCC.CO.COC(C)(F)F.COC(C)=O.COC(C)=O.COC(C)=S.[K+]. The molecule has 0 atom stereocenters. The van der Waals surface area contributed by atoms with Gasteiger partial charge in [0.15, 0.2) is 5.05 Å². The van der Waals surface area contributed by atoms with Crippen LogP contribution in [0.15, 0.2) is 12.2 Å². The van der Waals surface area contributed by atoms with E-state index in [-0.39, 0.29) is 63.3 Å². The van der Waals surface area contributed by atoms with E-state index in [4.69, 9.17) is 29.9 Å². The number of aliphatic carboxylic acids is 1. The van der Waals surface area contributed by atoms with E-state index in [1.54, 1.807) is 34.8 Å². The van der Waals surface area contributed by atoms with Crippen LogP contribution in [0.5, 0.6) is 0 Å². The van der Waals surface area contributed by atoms with Crippen LogP contribution >= 0.6 is 12.2 Å². The summed E-state index contributed by atoms with van der Waals surface area (Å²) in [6, 6.07) is 0. The normalized spacial score (nSPS) is 6.61. The van der Waals surface area contributed by atoms with Crippen molar-refractivity contribution in [3.63, 3.8) is 0 Å². The van der Waals surface area contributed by atoms with Gasteiger partial charge in [0.05, 0.1) is 21.3 Å². The number of carboxylic acid groups (broad SMARTS) is 1. The van der Waals surface area contributed by atoms with Crippen LogP contribution in [-0.2, 0) is 38.1 Å². The molecule has 0 amide bonds. The maximum absolute atomic E-state index is 11.2. The van der Waals surface area contributed by atoms with Crippen molar-refractivity contribution in [3.05, 3.63) is 12.2 Å². The molecule has 0 aliphatic rings. The van der Waals surface area contributed by atoms with Crippen LogP contribution in [0.2, 0.25) is 6.82 Å². The Morgan fingerprint density at radius 1 is 0.639 bits per heavy atom. The van der Waals surface area contributed by atoms with Crippen molar-refractivity contribution in [3.8, 4) is 0 Å². The first-order valence-corrected chi connectivity index (χ1v) is 20.7. The Labute approximate surface area is 428 Å². The van der Waals surface area contributed by atoms with E-state index in [0.717, 1.165) is 27.4 Å². The number of carbonyl (C=O) groups excluding carboxylic acids is 3. The second-order valence-electron chi connectivity index (χ2n) is 7.97. The average Bonchev–Trinajstić information content (AvgIpc) is 3.21. The fraction of sp³-hybridized carbons (Fsp3) is 0.837. The molecule has 0 bridgehead atoms. The minimum Gasteiger partial charge on any atom is -0.850 e. The van der Waals surface area contributed by atoms with E-state index in [1.807, 2.05) is 123 Å². The summed E-state index contributed by atoms with van der Waals surface area (Å²) in [5, 5.41) is 40.3. The van der Waals surface area contributed by atoms with Crippen molar-refractivity contribution in [2.75, 3.05) is 35.5 Å². The number of alkyl halides is 2. The van der Waals surface area contributed by atoms with Crippen molar-refractivity contribution >= 4 is 48.6 Å². The summed E-state index contributed by atoms with van der Waals surface area (Å²) in [7, 11) is 5.05. The molecule has 0 aromatic carbocycles. The molecular formula is C43H108BF2KO13S. The van der Waals surface area contributed by atoms with Gasteiger partial charge in [-0.2, -0.15) is 8.78 Å². The quantitative estimate of drug-likeness (QED) is 0.0636. The third-order valence-corrected chi connectivity index (χ3v) is 1.72. The molecule has 0 rings (SSSR count). The fourth-order valence-corrected chi connectivity index (χ4v) is 0. The van der Waals surface area contributed by atoms with Gasteiger partial charge >= 0.3 is 76.6 Å². The molecule has 0 aliphatic carbocycles. The molecule has 0 fully saturated rings. The number of methoxy groups -OCH3 is 4. The number of rotatable bonds is 1. The van der Waals surface area contributed by atoms with Crippen molar-refractivity contribution in [1.82, 2.24) is 0 Å². The van der Waals surface area contributed by atoms with Gasteiger partial charge in [-0.15, -0.1) is 5.60 Å². The molecule has 61 heavy (non-hydrogen) atoms. The summed E-state index contributed by atoms with van der Waals surface area (Å²) < 4.78 is 38.8. The second kappa shape index (κ2) is 172. The molecule has 382 valence electrons. The number of aldehydes is 1. The van der Waals surface area contributed by atoms with E-state index >= 15 is 0 Å². The monoisotopic (exact) mass is 953 g/mol. The zero-order valence-corrected chi connectivity index (χ0v) is 50.6. The van der Waals surface area contributed by atoms with Gasteiger partial charge in [0.2, 0.25) is 0 Å². The molecule has 0 heterocycles. The Balaban J connectivity index is -0.0000000183. The summed E-state index contributed by atoms with van der Waals surface area (Å²) in [5.74, 6) is -1.32. The summed E-state index contributed by atoms with van der Waals surface area (Å²) in [6.45, 7) is 50.1. The molecule has 0 aromatic heterocycles. The average molecular weight is 953 g/mol. The molecule has 4 N–H and O–H groups in total. The standard InChI is InChI=1S/C4H9O.C4H8.C3H6F2O.2C3H6O2.C3H6OS.C3H8.C2H4O2.C2H4O.7C2H6.CH5BO2.CH4O.K/c1-4(2,3)5;1-3-4-2;1-3(4,5)6-2;2*1-3(4)5-2;1-3(5)4-2;1-3-2;1-2(3)4;1-2-3;7*1-2;1-2(3)4;1-2;/h1-3H3;3-4H,1-2H3;1-2H3;3*1-2H3;3H2,1-2H3;1H3,(H,3,4);2H,1H3;7*1-2H3;3-4H,1H3;2H,1H3;/q-1;;;;;;;;;;;;;;;;;;+1/b;4-3+;;;;;;;;;;;;;;;;;. The van der Waals surface area contributed by atoms with Crippen LogP contribution < -0.4 is 56.5 Å². The Kier molecular flexibility index (Phi) is 350. The fourth-order valence-electron chi connectivity index (χ4n) is 0. The number of allylic oxidation sites excluding steroid dienone is 2. The molecule has 0 saturated carbocycles. The minimum atomic E-state index is -2.96. The van der Waals surface area contributed by atoms with Gasteiger partial charge in [0.25, 0.3) is 5.97 Å². The first-order chi connectivity index (χ1) is 27.6. The van der Waals surface area contributed by atoms with Crippen molar-refractivity contribution in [1.29, 1.82) is 0 Å². The zero-order valence-electron chi connectivity index (χ0n) is 46.6. The van der Waals surface area contributed by atoms with Crippen LogP contribution in [0.25, 0.3) is 0 Å². The zero-order chi connectivity index (χ0) is 54.5. The number of hydrogen-bond donors (Lipinski definition) is 4. The number of ether oxygens (including phenoxy) is 4. The van der Waals surface area contributed by atoms with Crippen molar-refractivity contribution in [2.45, 2.75) is 212 Å². The van der Waals surface area contributed by atoms with Crippen molar-refractivity contribution in [2.24, 2.45) is 0 Å². The number of carboxylic acids is 1. The van der Waals surface area contributed by atoms with Gasteiger partial charge in [-0.25, -0.2) is 0 Å². The van der Waals surface area contributed by atoms with Crippen LogP contribution in [0.3, 0.4) is 0 Å². The minimum absolute atomic E-state index is 0. The predicted molar refractivity (Wildman–Crippen MR) is 263 cm³/mol. The van der Waals surface area contributed by atoms with E-state index in [0.29, 0.717) is 12.0 Å². The summed E-state index contributed by atoms with van der Waals surface area (Å²) in [6.07, 6.45) is 3.04. The van der Waals surface area contributed by atoms with Crippen LogP contribution in [0.4, 0.5) is 8.78 Å². The number of thiocarbonyl (C=S) groups is 1. The summed E-state index contributed by atoms with van der Waals surface area (Å²) >= 11 is 4.47. The third kappa shape index (κ3) is 2340. The molecule has 0 aromatic rings. The molecule has 0 aliphatic heterocycles. The van der Waals surface area contributed by atoms with Gasteiger partial charge in [0.1, 0.15) is 6.29 Å². The second-order valence-corrected chi connectivity index (χ2v) is 8.55. The van der Waals surface area contributed by atoms with Gasteiger partial charge < -0.3 is 49.1 Å². The summed E-state index contributed by atoms with van der Waals surface area (Å²) in [5.41, 5.74) is -0.750. The smallest absolute Gasteiger partial charge is 0.850 e. The number of esters is 2. The van der Waals surface area contributed by atoms with Crippen LogP contribution in [0.1, 0.15) is 193 Å². The van der Waals surface area contributed by atoms with E-state index in [2.05, 4.69) is 45.0 Å². The molecule has 0 saturated heterocycles. The van der Waals surface area contributed by atoms with Gasteiger partial charge in [-0.05, 0) is 39.8 Å². The Hall–Kier alpha value is -0.929. The molecule has 13 nitrogen and oxygen atoms in total. The number of hydrogen-bond acceptors (Lipinski definition) is 13. The molecule has 0 radical (unpaired) electrons. The number of halogens is 2. The van der Waals surface area contributed by atoms with Gasteiger partial charge in [-0.1, -0.05) is 150 Å². The largest absolute Gasteiger partial charge is 1.00 e. The maximum atomic E-state index is 11.2. The molecule has 0 unspecified atom stereocenters. The van der Waals surface area contributed by atoms with E-state index in [1.165, 1.54) is 48.2 Å². The van der Waals surface area contributed by atoms with E-state index < -0.39 is 24.8 Å². The van der Waals surface area contributed by atoms with Gasteiger partial charge in [-0.3, -0.25) is 14.4 Å². The number of carbonyl (C=O) groups is 4. The van der Waals surface area contributed by atoms with Crippen LogP contribution in [-0.4, -0.2) is 104 Å². The van der Waals surface area contributed by atoms with Crippen LogP contribution in [0, 0.1) is 0 Å². The maximum Gasteiger partial charge on any atom is 1.00 e. The topological polar surface area (TPSA) is 209 Å². The Morgan fingerprint density at radius 2 is 0.705 bits per heavy atom. The van der Waals surface area contributed by atoms with Crippen molar-refractivity contribution < 1.29 is 124 Å². The third-order valence-electron chi connectivity index (χ3n) is 1.55. The Morgan fingerprint density at radius 3 is 0.705 bits per heavy atom. The molecule has 18 heteroatoms. The first-order valence-electron chi connectivity index (χ1n) is 20.3.